The number of thiophene rings is 1. The van der Waals surface area contributed by atoms with Crippen molar-refractivity contribution in [1.82, 2.24) is 9.55 Å². The fraction of sp³-hybridized carbons (Fsp3) is 0.240. The molecule has 6 heteroatoms. The lowest BCUT2D eigenvalue weighted by Crippen LogP contribution is -2.40. The van der Waals surface area contributed by atoms with E-state index < -0.39 is 6.04 Å². The molecule has 0 saturated carbocycles. The van der Waals surface area contributed by atoms with Crippen molar-refractivity contribution in [3.63, 3.8) is 0 Å². The van der Waals surface area contributed by atoms with Crippen LogP contribution in [0.15, 0.2) is 71.5 Å². The van der Waals surface area contributed by atoms with Gasteiger partial charge >= 0.3 is 0 Å². The van der Waals surface area contributed by atoms with Crippen molar-refractivity contribution in [2.24, 2.45) is 0 Å². The van der Waals surface area contributed by atoms with Gasteiger partial charge in [0.05, 0.1) is 11.9 Å². The Morgan fingerprint density at radius 1 is 1.10 bits per heavy atom. The molecule has 0 radical (unpaired) electrons. The number of aromatic nitrogens is 2. The molecule has 5 nitrogen and oxygen atoms in total. The lowest BCUT2D eigenvalue weighted by molar-refractivity contribution is -0.121. The van der Waals surface area contributed by atoms with Crippen LogP contribution in [0.5, 0.6) is 0 Å². The average molecular weight is 432 g/mol. The zero-order chi connectivity index (χ0) is 22.0. The Labute approximate surface area is 185 Å². The van der Waals surface area contributed by atoms with Gasteiger partial charge in [0.15, 0.2) is 0 Å². The second-order valence-electron chi connectivity index (χ2n) is 7.54. The first kappa shape index (κ1) is 21.0. The van der Waals surface area contributed by atoms with Crippen LogP contribution in [0.25, 0.3) is 10.2 Å². The molecular weight excluding hydrogens is 406 g/mol. The quantitative estimate of drug-likeness (QED) is 0.426. The maximum Gasteiger partial charge on any atom is 0.263 e. The van der Waals surface area contributed by atoms with Crippen LogP contribution >= 0.6 is 11.3 Å². The van der Waals surface area contributed by atoms with Gasteiger partial charge in [-0.25, -0.2) is 4.98 Å². The summed E-state index contributed by atoms with van der Waals surface area (Å²) in [5, 5.41) is 0.585. The van der Waals surface area contributed by atoms with Crippen LogP contribution in [0, 0.1) is 6.92 Å². The highest BCUT2D eigenvalue weighted by molar-refractivity contribution is 7.18. The minimum atomic E-state index is -0.682. The third-order valence-corrected chi connectivity index (χ3v) is 6.61. The second-order valence-corrected chi connectivity index (χ2v) is 8.66. The van der Waals surface area contributed by atoms with E-state index >= 15 is 0 Å². The summed E-state index contributed by atoms with van der Waals surface area (Å²) in [6, 6.07) is 20.7. The van der Waals surface area contributed by atoms with Gasteiger partial charge in [-0.2, -0.15) is 0 Å². The Bertz CT molecular complexity index is 1260. The molecule has 0 aliphatic carbocycles. The predicted octanol–water partition coefficient (Wildman–Crippen LogP) is 5.12. The van der Waals surface area contributed by atoms with Crippen LogP contribution in [0.4, 0.5) is 5.69 Å². The molecule has 0 bridgehead atoms. The standard InChI is InChI=1S/C25H25N3O2S/c1-4-21-15-22-23(31-21)26-18(3)28(25(22)30)17(2)24(29)27(20-13-9-6-10-14-20)16-19-11-7-5-8-12-19/h5-15,17H,4,16H2,1-3H3. The van der Waals surface area contributed by atoms with Crippen molar-refractivity contribution >= 4 is 33.1 Å². The maximum absolute atomic E-state index is 13.7. The first-order chi connectivity index (χ1) is 15.0. The molecule has 0 N–H and O–H groups in total. The smallest absolute Gasteiger partial charge is 0.263 e. The molecule has 1 unspecified atom stereocenters. The van der Waals surface area contributed by atoms with Crippen LogP contribution < -0.4 is 10.5 Å². The van der Waals surface area contributed by atoms with Crippen molar-refractivity contribution in [3.8, 4) is 0 Å². The summed E-state index contributed by atoms with van der Waals surface area (Å²) in [6.07, 6.45) is 0.854. The summed E-state index contributed by atoms with van der Waals surface area (Å²) in [6.45, 7) is 6.05. The molecule has 158 valence electrons. The lowest BCUT2D eigenvalue weighted by Gasteiger charge is -2.27. The molecular formula is C25H25N3O2S. The highest BCUT2D eigenvalue weighted by Gasteiger charge is 2.26. The SMILES string of the molecule is CCc1cc2c(=O)n(C(C)C(=O)N(Cc3ccccc3)c3ccccc3)c(C)nc2s1. The molecule has 0 spiro atoms. The van der Waals surface area contributed by atoms with Gasteiger partial charge in [0, 0.05) is 10.6 Å². The number of benzene rings is 2. The first-order valence-corrected chi connectivity index (χ1v) is 11.2. The van der Waals surface area contributed by atoms with Gasteiger partial charge in [-0.1, -0.05) is 55.5 Å². The number of para-hydroxylation sites is 1. The van der Waals surface area contributed by atoms with E-state index in [1.807, 2.05) is 66.7 Å². The number of hydrogen-bond donors (Lipinski definition) is 0. The number of anilines is 1. The summed E-state index contributed by atoms with van der Waals surface area (Å²) in [5.74, 6) is 0.405. The summed E-state index contributed by atoms with van der Waals surface area (Å²) in [4.78, 5) is 35.2. The number of rotatable bonds is 6. The van der Waals surface area contributed by atoms with Crippen molar-refractivity contribution in [3.05, 3.63) is 93.3 Å². The summed E-state index contributed by atoms with van der Waals surface area (Å²) in [5.41, 5.74) is 1.66. The number of carbonyl (C=O) groups excluding carboxylic acids is 1. The number of carbonyl (C=O) groups is 1. The zero-order valence-corrected chi connectivity index (χ0v) is 18.7. The van der Waals surface area contributed by atoms with E-state index in [0.717, 1.165) is 27.4 Å². The third-order valence-electron chi connectivity index (χ3n) is 5.44. The summed E-state index contributed by atoms with van der Waals surface area (Å²) in [7, 11) is 0. The minimum absolute atomic E-state index is 0.146. The Morgan fingerprint density at radius 3 is 2.39 bits per heavy atom. The highest BCUT2D eigenvalue weighted by Crippen LogP contribution is 2.25. The number of hydrogen-bond acceptors (Lipinski definition) is 4. The van der Waals surface area contributed by atoms with E-state index in [-0.39, 0.29) is 11.5 Å². The van der Waals surface area contributed by atoms with Gasteiger partial charge < -0.3 is 4.90 Å². The van der Waals surface area contributed by atoms with Crippen molar-refractivity contribution in [2.75, 3.05) is 4.90 Å². The number of fused-ring (bicyclic) bond motifs is 1. The number of amides is 1. The van der Waals surface area contributed by atoms with E-state index in [4.69, 9.17) is 0 Å². The van der Waals surface area contributed by atoms with Crippen LogP contribution in [0.3, 0.4) is 0 Å². The summed E-state index contributed by atoms with van der Waals surface area (Å²) < 4.78 is 1.53. The molecule has 1 atom stereocenters. The highest BCUT2D eigenvalue weighted by atomic mass is 32.1. The Morgan fingerprint density at radius 2 is 1.74 bits per heavy atom. The maximum atomic E-state index is 13.7. The normalized spacial score (nSPS) is 12.1. The van der Waals surface area contributed by atoms with E-state index in [1.54, 1.807) is 18.7 Å². The molecule has 31 heavy (non-hydrogen) atoms. The van der Waals surface area contributed by atoms with Crippen LogP contribution in [0.2, 0.25) is 0 Å². The van der Waals surface area contributed by atoms with Gasteiger partial charge in [0.25, 0.3) is 5.56 Å². The Hall–Kier alpha value is -3.25. The van der Waals surface area contributed by atoms with Crippen molar-refractivity contribution in [1.29, 1.82) is 0 Å². The van der Waals surface area contributed by atoms with Gasteiger partial charge in [-0.05, 0) is 44.0 Å². The average Bonchev–Trinajstić information content (AvgIpc) is 3.21. The fourth-order valence-electron chi connectivity index (χ4n) is 3.78. The van der Waals surface area contributed by atoms with E-state index in [1.165, 1.54) is 15.9 Å². The Balaban J connectivity index is 1.76. The van der Waals surface area contributed by atoms with Gasteiger partial charge in [0.1, 0.15) is 16.7 Å². The Kier molecular flexibility index (Phi) is 6.00. The number of nitrogens with zero attached hydrogens (tertiary/aromatic N) is 3. The fourth-order valence-corrected chi connectivity index (χ4v) is 4.79. The molecule has 2 heterocycles. The van der Waals surface area contributed by atoms with Crippen molar-refractivity contribution in [2.45, 2.75) is 39.8 Å². The molecule has 2 aromatic heterocycles. The molecule has 1 amide bonds. The molecule has 0 fully saturated rings. The van der Waals surface area contributed by atoms with E-state index in [2.05, 4.69) is 11.9 Å². The molecule has 4 aromatic rings. The first-order valence-electron chi connectivity index (χ1n) is 10.4. The van der Waals surface area contributed by atoms with Gasteiger partial charge in [0.2, 0.25) is 5.91 Å². The van der Waals surface area contributed by atoms with Gasteiger partial charge in [-0.3, -0.25) is 14.2 Å². The largest absolute Gasteiger partial charge is 0.306 e. The number of aryl methyl sites for hydroxylation is 2. The summed E-state index contributed by atoms with van der Waals surface area (Å²) >= 11 is 1.54. The van der Waals surface area contributed by atoms with Crippen LogP contribution in [-0.2, 0) is 17.8 Å². The predicted molar refractivity (Wildman–Crippen MR) is 127 cm³/mol. The van der Waals surface area contributed by atoms with E-state index in [9.17, 15) is 9.59 Å². The van der Waals surface area contributed by atoms with Gasteiger partial charge in [-0.15, -0.1) is 11.3 Å². The zero-order valence-electron chi connectivity index (χ0n) is 17.9. The minimum Gasteiger partial charge on any atom is -0.306 e. The molecule has 4 rings (SSSR count). The third kappa shape index (κ3) is 4.16. The second kappa shape index (κ2) is 8.86. The lowest BCUT2D eigenvalue weighted by atomic mass is 10.1. The van der Waals surface area contributed by atoms with Crippen LogP contribution in [0.1, 0.15) is 36.2 Å². The van der Waals surface area contributed by atoms with E-state index in [0.29, 0.717) is 17.8 Å². The molecule has 0 aliphatic heterocycles. The molecule has 0 saturated heterocycles. The van der Waals surface area contributed by atoms with Crippen LogP contribution in [-0.4, -0.2) is 15.5 Å². The monoisotopic (exact) mass is 431 g/mol. The molecule has 2 aromatic carbocycles. The topological polar surface area (TPSA) is 55.2 Å². The molecule has 0 aliphatic rings. The van der Waals surface area contributed by atoms with Crippen molar-refractivity contribution < 1.29 is 4.79 Å².